The number of piperazine rings is 1. The van der Waals surface area contributed by atoms with Crippen molar-refractivity contribution in [2.24, 2.45) is 14.1 Å². The number of aliphatic hydroxyl groups is 1. The predicted molar refractivity (Wildman–Crippen MR) is 131 cm³/mol. The first-order valence-corrected chi connectivity index (χ1v) is 12.8. The Morgan fingerprint density at radius 1 is 1.00 bits per heavy atom. The number of aryl methyl sites for hydroxylation is 1. The van der Waals surface area contributed by atoms with Crippen molar-refractivity contribution in [1.29, 1.82) is 0 Å². The standard InChI is InChI=1S/C23H32N6O4S/c1-25-21-20(22(31)26(2)23(25)32)29(17-24-21)16-18(30)15-28-12-10-27(11-13-28)9-6-14-34(33)19-7-4-3-5-8-19/h3-5,7-8,17-18,30H,6,9-16H2,1-2H3. The Balaban J connectivity index is 1.24. The van der Waals surface area contributed by atoms with E-state index in [0.717, 1.165) is 48.6 Å². The van der Waals surface area contributed by atoms with Gasteiger partial charge < -0.3 is 14.6 Å². The lowest BCUT2D eigenvalue weighted by atomic mass is 10.2. The molecule has 0 radical (unpaired) electrons. The van der Waals surface area contributed by atoms with Gasteiger partial charge in [0, 0.05) is 57.5 Å². The van der Waals surface area contributed by atoms with Crippen LogP contribution in [0, 0.1) is 0 Å². The summed E-state index contributed by atoms with van der Waals surface area (Å²) in [5.41, 5.74) is -0.194. The van der Waals surface area contributed by atoms with E-state index < -0.39 is 28.2 Å². The number of hydrogen-bond acceptors (Lipinski definition) is 7. The van der Waals surface area contributed by atoms with Crippen molar-refractivity contribution >= 4 is 22.0 Å². The summed E-state index contributed by atoms with van der Waals surface area (Å²) in [6.45, 7) is 5.15. The Morgan fingerprint density at radius 2 is 1.68 bits per heavy atom. The van der Waals surface area contributed by atoms with Crippen molar-refractivity contribution in [3.05, 3.63) is 57.5 Å². The SMILES string of the molecule is Cn1c(=O)c2c(ncn2CC(O)CN2CCN(CCCS(=O)c3ccccc3)CC2)n(C)c1=O. The van der Waals surface area contributed by atoms with Gasteiger partial charge in [0.05, 0.1) is 29.8 Å². The van der Waals surface area contributed by atoms with E-state index in [1.807, 2.05) is 30.3 Å². The van der Waals surface area contributed by atoms with Crippen LogP contribution >= 0.6 is 0 Å². The largest absolute Gasteiger partial charge is 0.390 e. The molecule has 0 bridgehead atoms. The second kappa shape index (κ2) is 10.8. The van der Waals surface area contributed by atoms with Crippen LogP contribution in [0.15, 0.2) is 51.1 Å². The van der Waals surface area contributed by atoms with Crippen molar-refractivity contribution in [2.45, 2.75) is 24.0 Å². The molecule has 34 heavy (non-hydrogen) atoms. The summed E-state index contributed by atoms with van der Waals surface area (Å²) in [4.78, 5) is 34.3. The molecule has 2 atom stereocenters. The van der Waals surface area contributed by atoms with Gasteiger partial charge in [0.25, 0.3) is 5.56 Å². The topological polar surface area (TPSA) is 106 Å². The molecule has 3 aromatic rings. The fourth-order valence-corrected chi connectivity index (χ4v) is 5.51. The summed E-state index contributed by atoms with van der Waals surface area (Å²) in [7, 11) is 2.07. The van der Waals surface area contributed by atoms with Gasteiger partial charge in [-0.25, -0.2) is 9.78 Å². The summed E-state index contributed by atoms with van der Waals surface area (Å²) >= 11 is 0. The summed E-state index contributed by atoms with van der Waals surface area (Å²) in [5, 5.41) is 10.7. The lowest BCUT2D eigenvalue weighted by molar-refractivity contribution is 0.0650. The van der Waals surface area contributed by atoms with Gasteiger partial charge in [-0.05, 0) is 25.1 Å². The lowest BCUT2D eigenvalue weighted by Gasteiger charge is -2.35. The molecule has 10 nitrogen and oxygen atoms in total. The van der Waals surface area contributed by atoms with Crippen molar-refractivity contribution in [3.63, 3.8) is 0 Å². The van der Waals surface area contributed by atoms with Crippen LogP contribution in [-0.4, -0.2) is 88.9 Å². The maximum atomic E-state index is 12.6. The molecular weight excluding hydrogens is 456 g/mol. The second-order valence-corrected chi connectivity index (χ2v) is 10.4. The summed E-state index contributed by atoms with van der Waals surface area (Å²) in [5.74, 6) is 0.660. The number of imidazole rings is 1. The molecule has 0 amide bonds. The van der Waals surface area contributed by atoms with Crippen LogP contribution in [0.4, 0.5) is 0 Å². The lowest BCUT2D eigenvalue weighted by Crippen LogP contribution is -2.49. The molecule has 2 unspecified atom stereocenters. The van der Waals surface area contributed by atoms with E-state index in [9.17, 15) is 18.9 Å². The fraction of sp³-hybridized carbons (Fsp3) is 0.522. The second-order valence-electron chi connectivity index (χ2n) is 8.79. The average molecular weight is 489 g/mol. The van der Waals surface area contributed by atoms with E-state index in [2.05, 4.69) is 14.8 Å². The molecule has 0 spiro atoms. The quantitative estimate of drug-likeness (QED) is 0.437. The molecule has 0 aliphatic carbocycles. The van der Waals surface area contributed by atoms with Crippen LogP contribution < -0.4 is 11.2 Å². The average Bonchev–Trinajstić information content (AvgIpc) is 3.26. The molecule has 0 saturated carbocycles. The highest BCUT2D eigenvalue weighted by atomic mass is 32.2. The van der Waals surface area contributed by atoms with Crippen LogP contribution in [-0.2, 0) is 31.4 Å². The molecule has 11 heteroatoms. The van der Waals surface area contributed by atoms with E-state index in [4.69, 9.17) is 0 Å². The van der Waals surface area contributed by atoms with Crippen LogP contribution in [0.25, 0.3) is 11.2 Å². The summed E-state index contributed by atoms with van der Waals surface area (Å²) < 4.78 is 16.4. The van der Waals surface area contributed by atoms with E-state index in [1.165, 1.54) is 17.9 Å². The zero-order valence-corrected chi connectivity index (χ0v) is 20.5. The van der Waals surface area contributed by atoms with Crippen molar-refractivity contribution in [1.82, 2.24) is 28.5 Å². The van der Waals surface area contributed by atoms with E-state index in [-0.39, 0.29) is 6.54 Å². The summed E-state index contributed by atoms with van der Waals surface area (Å²) in [6.07, 6.45) is 1.72. The Labute approximate surface area is 200 Å². The third-order valence-corrected chi connectivity index (χ3v) is 7.83. The first-order chi connectivity index (χ1) is 16.3. The minimum atomic E-state index is -0.955. The predicted octanol–water partition coefficient (Wildman–Crippen LogP) is -0.390. The highest BCUT2D eigenvalue weighted by Gasteiger charge is 2.21. The Morgan fingerprint density at radius 3 is 2.38 bits per heavy atom. The van der Waals surface area contributed by atoms with Gasteiger partial charge in [-0.1, -0.05) is 18.2 Å². The van der Waals surface area contributed by atoms with Crippen molar-refractivity contribution in [3.8, 4) is 0 Å². The monoisotopic (exact) mass is 488 g/mol. The smallest absolute Gasteiger partial charge is 0.332 e. The molecular formula is C23H32N6O4S. The molecule has 1 fully saturated rings. The van der Waals surface area contributed by atoms with Gasteiger partial charge >= 0.3 is 5.69 Å². The first kappa shape index (κ1) is 24.5. The molecule has 1 aromatic carbocycles. The Kier molecular flexibility index (Phi) is 7.77. The third-order valence-electron chi connectivity index (χ3n) is 6.37. The molecule has 184 valence electrons. The zero-order chi connectivity index (χ0) is 24.2. The molecule has 1 aliphatic heterocycles. The minimum absolute atomic E-state index is 0.232. The van der Waals surface area contributed by atoms with Gasteiger partial charge in [-0.2, -0.15) is 0 Å². The van der Waals surface area contributed by atoms with Crippen LogP contribution in [0.5, 0.6) is 0 Å². The van der Waals surface area contributed by atoms with Gasteiger partial charge in [0.1, 0.15) is 0 Å². The Hall–Kier alpha value is -2.60. The first-order valence-electron chi connectivity index (χ1n) is 11.5. The number of fused-ring (bicyclic) bond motifs is 1. The van der Waals surface area contributed by atoms with Crippen molar-refractivity contribution < 1.29 is 9.32 Å². The van der Waals surface area contributed by atoms with Gasteiger partial charge in [-0.3, -0.25) is 23.0 Å². The molecule has 1 aliphatic rings. The molecule has 4 rings (SSSR count). The van der Waals surface area contributed by atoms with E-state index >= 15 is 0 Å². The Bertz CT molecular complexity index is 1260. The van der Waals surface area contributed by atoms with Crippen LogP contribution in [0.1, 0.15) is 6.42 Å². The number of aromatic nitrogens is 4. The van der Waals surface area contributed by atoms with Crippen molar-refractivity contribution in [2.75, 3.05) is 45.0 Å². The maximum absolute atomic E-state index is 12.6. The molecule has 3 heterocycles. The number of benzene rings is 1. The minimum Gasteiger partial charge on any atom is -0.390 e. The number of nitrogens with zero attached hydrogens (tertiary/aromatic N) is 6. The van der Waals surface area contributed by atoms with E-state index in [1.54, 1.807) is 11.6 Å². The fourth-order valence-electron chi connectivity index (χ4n) is 4.42. The van der Waals surface area contributed by atoms with Gasteiger partial charge in [-0.15, -0.1) is 0 Å². The molecule has 1 saturated heterocycles. The summed E-state index contributed by atoms with van der Waals surface area (Å²) in [6, 6.07) is 9.58. The number of β-amino-alcohol motifs (C(OH)–C–C–N with tert-alkyl or cyclic N) is 1. The van der Waals surface area contributed by atoms with Crippen LogP contribution in [0.2, 0.25) is 0 Å². The van der Waals surface area contributed by atoms with E-state index in [0.29, 0.717) is 23.5 Å². The zero-order valence-electron chi connectivity index (χ0n) is 19.7. The van der Waals surface area contributed by atoms with Gasteiger partial charge in [0.15, 0.2) is 11.2 Å². The third kappa shape index (κ3) is 5.38. The number of aliphatic hydroxyl groups excluding tert-OH is 1. The highest BCUT2D eigenvalue weighted by Crippen LogP contribution is 2.10. The number of rotatable bonds is 9. The highest BCUT2D eigenvalue weighted by molar-refractivity contribution is 7.85. The van der Waals surface area contributed by atoms with Crippen LogP contribution in [0.3, 0.4) is 0 Å². The molecule has 2 aromatic heterocycles. The number of hydrogen-bond donors (Lipinski definition) is 1. The normalized spacial score (nSPS) is 17.3. The molecule has 1 N–H and O–H groups in total. The van der Waals surface area contributed by atoms with Gasteiger partial charge in [0.2, 0.25) is 0 Å². The maximum Gasteiger partial charge on any atom is 0.332 e.